The third-order valence-electron chi connectivity index (χ3n) is 3.17. The molecule has 0 atom stereocenters. The van der Waals surface area contributed by atoms with E-state index in [9.17, 15) is 0 Å². The summed E-state index contributed by atoms with van der Waals surface area (Å²) in [6, 6.07) is 10.8. The van der Waals surface area contributed by atoms with Crippen molar-refractivity contribution in [3.63, 3.8) is 0 Å². The predicted octanol–water partition coefficient (Wildman–Crippen LogP) is 4.39. The highest BCUT2D eigenvalue weighted by Crippen LogP contribution is 2.19. The number of hydrogen-bond donors (Lipinski definition) is 0. The first-order valence-electron chi connectivity index (χ1n) is 6.25. The maximum Gasteiger partial charge on any atom is -0.00530 e. The molecular weight excluding hydrogens is 192 g/mol. The Morgan fingerprint density at radius 1 is 0.938 bits per heavy atom. The van der Waals surface area contributed by atoms with Gasteiger partial charge in [-0.15, -0.1) is 0 Å². The van der Waals surface area contributed by atoms with Gasteiger partial charge in [0.1, 0.15) is 0 Å². The molecule has 0 unspecified atom stereocenters. The molecule has 0 bridgehead atoms. The van der Waals surface area contributed by atoms with Crippen LogP contribution in [0.15, 0.2) is 54.6 Å². The van der Waals surface area contributed by atoms with Crippen molar-refractivity contribution >= 4 is 0 Å². The molecule has 1 aliphatic carbocycles. The van der Waals surface area contributed by atoms with Gasteiger partial charge < -0.3 is 0 Å². The Morgan fingerprint density at radius 3 is 2.31 bits per heavy atom. The smallest absolute Gasteiger partial charge is 0.00530 e. The Hall–Kier alpha value is -1.30. The van der Waals surface area contributed by atoms with Crippen molar-refractivity contribution < 1.29 is 0 Å². The normalized spacial score (nSPS) is 23.6. The Labute approximate surface area is 98.7 Å². The van der Waals surface area contributed by atoms with Crippen LogP contribution in [-0.4, -0.2) is 0 Å². The van der Waals surface area contributed by atoms with Crippen LogP contribution in [0.3, 0.4) is 0 Å². The van der Waals surface area contributed by atoms with E-state index in [0.717, 1.165) is 0 Å². The van der Waals surface area contributed by atoms with E-state index >= 15 is 0 Å². The van der Waals surface area contributed by atoms with Gasteiger partial charge in [0.15, 0.2) is 0 Å². The molecule has 0 aliphatic heterocycles. The van der Waals surface area contributed by atoms with Gasteiger partial charge in [0.2, 0.25) is 0 Å². The third-order valence-corrected chi connectivity index (χ3v) is 3.17. The van der Waals surface area contributed by atoms with Crippen LogP contribution in [0.1, 0.15) is 25.3 Å². The molecule has 0 fully saturated rings. The number of allylic oxidation sites excluding steroid dienone is 4. The fourth-order valence-electron chi connectivity index (χ4n) is 2.14. The molecule has 0 aromatic heterocycles. The molecule has 1 aliphatic rings. The summed E-state index contributed by atoms with van der Waals surface area (Å²) in [5.74, 6) is 1.30. The molecule has 0 nitrogen and oxygen atoms in total. The molecule has 0 radical (unpaired) electrons. The minimum atomic E-state index is 0.630. The lowest BCUT2D eigenvalue weighted by molar-refractivity contribution is 0.637. The molecule has 0 saturated heterocycles. The van der Waals surface area contributed by atoms with Crippen molar-refractivity contribution in [2.75, 3.05) is 0 Å². The van der Waals surface area contributed by atoms with Crippen molar-refractivity contribution in [1.29, 1.82) is 0 Å². The van der Waals surface area contributed by atoms with Crippen LogP contribution in [0.5, 0.6) is 0 Å². The highest BCUT2D eigenvalue weighted by molar-refractivity contribution is 5.15. The van der Waals surface area contributed by atoms with E-state index in [-0.39, 0.29) is 0 Å². The maximum absolute atomic E-state index is 2.36. The SMILES string of the molecule is CC1C=CC(CCCc2ccccc2)C=C1. The monoisotopic (exact) mass is 212 g/mol. The van der Waals surface area contributed by atoms with Gasteiger partial charge in [-0.25, -0.2) is 0 Å². The van der Waals surface area contributed by atoms with Crippen LogP contribution >= 0.6 is 0 Å². The molecule has 0 amide bonds. The van der Waals surface area contributed by atoms with Crippen LogP contribution in [0.25, 0.3) is 0 Å². The summed E-state index contributed by atoms with van der Waals surface area (Å²) in [5.41, 5.74) is 1.46. The van der Waals surface area contributed by atoms with Gasteiger partial charge in [0.05, 0.1) is 0 Å². The summed E-state index contributed by atoms with van der Waals surface area (Å²) < 4.78 is 0. The number of benzene rings is 1. The summed E-state index contributed by atoms with van der Waals surface area (Å²) in [4.78, 5) is 0. The zero-order valence-electron chi connectivity index (χ0n) is 9.97. The van der Waals surface area contributed by atoms with Crippen LogP contribution in [0.4, 0.5) is 0 Å². The van der Waals surface area contributed by atoms with Crippen LogP contribution in [0, 0.1) is 11.8 Å². The van der Waals surface area contributed by atoms with E-state index in [1.54, 1.807) is 0 Å². The second-order valence-electron chi connectivity index (χ2n) is 4.67. The largest absolute Gasteiger partial charge is 0.0813 e. The van der Waals surface area contributed by atoms with Crippen molar-refractivity contribution in [2.45, 2.75) is 26.2 Å². The molecule has 1 aromatic carbocycles. The zero-order chi connectivity index (χ0) is 11.2. The highest BCUT2D eigenvalue weighted by Gasteiger charge is 2.05. The topological polar surface area (TPSA) is 0 Å². The fraction of sp³-hybridized carbons (Fsp3) is 0.375. The molecule has 1 aromatic rings. The van der Waals surface area contributed by atoms with E-state index < -0.39 is 0 Å². The van der Waals surface area contributed by atoms with E-state index in [2.05, 4.69) is 61.6 Å². The van der Waals surface area contributed by atoms with Crippen molar-refractivity contribution in [2.24, 2.45) is 11.8 Å². The molecule has 0 heteroatoms. The summed E-state index contributed by atoms with van der Waals surface area (Å²) in [6.07, 6.45) is 13.1. The van der Waals surface area contributed by atoms with Crippen LogP contribution < -0.4 is 0 Å². The first-order chi connectivity index (χ1) is 7.84. The van der Waals surface area contributed by atoms with Crippen LogP contribution in [0.2, 0.25) is 0 Å². The molecule has 16 heavy (non-hydrogen) atoms. The second kappa shape index (κ2) is 5.69. The summed E-state index contributed by atoms with van der Waals surface area (Å²) in [5, 5.41) is 0. The van der Waals surface area contributed by atoms with Gasteiger partial charge in [-0.1, -0.05) is 61.6 Å². The highest BCUT2D eigenvalue weighted by atomic mass is 14.1. The predicted molar refractivity (Wildman–Crippen MR) is 70.3 cm³/mol. The minimum Gasteiger partial charge on any atom is -0.0813 e. The molecule has 0 spiro atoms. The van der Waals surface area contributed by atoms with Crippen LogP contribution in [-0.2, 0) is 6.42 Å². The Kier molecular flexibility index (Phi) is 3.98. The molecule has 0 heterocycles. The quantitative estimate of drug-likeness (QED) is 0.649. The molecular formula is C16H20. The molecule has 2 rings (SSSR count). The lowest BCUT2D eigenvalue weighted by atomic mass is 9.92. The van der Waals surface area contributed by atoms with E-state index in [4.69, 9.17) is 0 Å². The summed E-state index contributed by atoms with van der Waals surface area (Å²) in [7, 11) is 0. The van der Waals surface area contributed by atoms with Crippen molar-refractivity contribution in [1.82, 2.24) is 0 Å². The Morgan fingerprint density at radius 2 is 1.62 bits per heavy atom. The van der Waals surface area contributed by atoms with Crippen molar-refractivity contribution in [3.8, 4) is 0 Å². The van der Waals surface area contributed by atoms with Gasteiger partial charge in [0, 0.05) is 0 Å². The van der Waals surface area contributed by atoms with E-state index in [1.165, 1.54) is 24.8 Å². The maximum atomic E-state index is 2.36. The minimum absolute atomic E-state index is 0.630. The third kappa shape index (κ3) is 3.37. The summed E-state index contributed by atoms with van der Waals surface area (Å²) in [6.45, 7) is 2.23. The zero-order valence-corrected chi connectivity index (χ0v) is 9.97. The van der Waals surface area contributed by atoms with Gasteiger partial charge >= 0.3 is 0 Å². The van der Waals surface area contributed by atoms with Gasteiger partial charge in [0.25, 0.3) is 0 Å². The van der Waals surface area contributed by atoms with E-state index in [0.29, 0.717) is 11.8 Å². The standard InChI is InChI=1S/C16H20/c1-14-10-12-16(13-11-14)9-5-8-15-6-3-2-4-7-15/h2-4,6-7,10-14,16H,5,8-9H2,1H3. The number of hydrogen-bond acceptors (Lipinski definition) is 0. The van der Waals surface area contributed by atoms with E-state index in [1.807, 2.05) is 0 Å². The lowest BCUT2D eigenvalue weighted by Crippen LogP contribution is -2.00. The van der Waals surface area contributed by atoms with Gasteiger partial charge in [-0.2, -0.15) is 0 Å². The first-order valence-corrected chi connectivity index (χ1v) is 6.25. The Balaban J connectivity index is 1.73. The molecule has 84 valence electrons. The van der Waals surface area contributed by atoms with Gasteiger partial charge in [-0.3, -0.25) is 0 Å². The summed E-state index contributed by atoms with van der Waals surface area (Å²) >= 11 is 0. The average Bonchev–Trinajstić information content (AvgIpc) is 2.33. The first kappa shape index (κ1) is 11.2. The molecule has 0 saturated carbocycles. The fourth-order valence-corrected chi connectivity index (χ4v) is 2.14. The average molecular weight is 212 g/mol. The number of rotatable bonds is 4. The second-order valence-corrected chi connectivity index (χ2v) is 4.67. The molecule has 0 N–H and O–H groups in total. The lowest BCUT2D eigenvalue weighted by Gasteiger charge is -2.13. The Bertz CT molecular complexity index is 345. The number of aryl methyl sites for hydroxylation is 1. The van der Waals surface area contributed by atoms with Gasteiger partial charge in [-0.05, 0) is 36.7 Å². The van der Waals surface area contributed by atoms with Crippen molar-refractivity contribution in [3.05, 3.63) is 60.2 Å².